The van der Waals surface area contributed by atoms with E-state index in [1.54, 1.807) is 48.5 Å². The molecule has 7 heteroatoms. The molecular formula is C19H20N2O5. The zero-order valence-electron chi connectivity index (χ0n) is 14.5. The Morgan fingerprint density at radius 3 is 2.35 bits per heavy atom. The number of nitrogens with one attached hydrogen (secondary N) is 2. The number of para-hydroxylation sites is 2. The second kappa shape index (κ2) is 9.22. The van der Waals surface area contributed by atoms with Crippen LogP contribution in [0.3, 0.4) is 0 Å². The highest BCUT2D eigenvalue weighted by atomic mass is 16.5. The molecule has 2 rings (SSSR count). The Morgan fingerprint density at radius 1 is 1.00 bits per heavy atom. The van der Waals surface area contributed by atoms with Crippen LogP contribution in [0.1, 0.15) is 17.3 Å². The molecule has 2 N–H and O–H groups in total. The van der Waals surface area contributed by atoms with Crippen LogP contribution in [0.15, 0.2) is 54.6 Å². The van der Waals surface area contributed by atoms with Gasteiger partial charge in [-0.1, -0.05) is 30.3 Å². The van der Waals surface area contributed by atoms with E-state index >= 15 is 0 Å². The van der Waals surface area contributed by atoms with Crippen LogP contribution in [0.2, 0.25) is 0 Å². The van der Waals surface area contributed by atoms with Gasteiger partial charge in [0.15, 0.2) is 6.61 Å². The first-order chi connectivity index (χ1) is 12.5. The molecule has 0 bridgehead atoms. The fraction of sp³-hybridized carbons (Fsp3) is 0.211. The molecule has 0 aliphatic rings. The van der Waals surface area contributed by atoms with Crippen LogP contribution in [0.5, 0.6) is 5.75 Å². The van der Waals surface area contributed by atoms with E-state index in [1.807, 2.05) is 6.07 Å². The fourth-order valence-electron chi connectivity index (χ4n) is 2.16. The lowest BCUT2D eigenvalue weighted by Crippen LogP contribution is -2.42. The summed E-state index contributed by atoms with van der Waals surface area (Å²) in [6, 6.07) is 14.0. The van der Waals surface area contributed by atoms with Gasteiger partial charge in [-0.25, -0.2) is 9.59 Å². The van der Waals surface area contributed by atoms with Crippen molar-refractivity contribution in [2.24, 2.45) is 0 Å². The van der Waals surface area contributed by atoms with Crippen LogP contribution >= 0.6 is 0 Å². The lowest BCUT2D eigenvalue weighted by Gasteiger charge is -2.14. The SMILES string of the molecule is COc1ccccc1C(=O)COC(=O)[C@H](C)NC(=O)Nc1ccccc1. The number of ketones is 1. The minimum atomic E-state index is -0.913. The minimum Gasteiger partial charge on any atom is -0.496 e. The fourth-order valence-corrected chi connectivity index (χ4v) is 2.16. The maximum Gasteiger partial charge on any atom is 0.328 e. The van der Waals surface area contributed by atoms with Crippen molar-refractivity contribution in [3.05, 3.63) is 60.2 Å². The molecule has 2 amide bonds. The average molecular weight is 356 g/mol. The van der Waals surface area contributed by atoms with Crippen molar-refractivity contribution < 1.29 is 23.9 Å². The molecule has 0 radical (unpaired) electrons. The van der Waals surface area contributed by atoms with Crippen LogP contribution in [0.25, 0.3) is 0 Å². The smallest absolute Gasteiger partial charge is 0.328 e. The third-order valence-electron chi connectivity index (χ3n) is 3.49. The van der Waals surface area contributed by atoms with E-state index in [0.717, 1.165) is 0 Å². The molecule has 136 valence electrons. The summed E-state index contributed by atoms with van der Waals surface area (Å²) >= 11 is 0. The van der Waals surface area contributed by atoms with Gasteiger partial charge < -0.3 is 20.1 Å². The van der Waals surface area contributed by atoms with Gasteiger partial charge in [-0.15, -0.1) is 0 Å². The number of amides is 2. The van der Waals surface area contributed by atoms with Gasteiger partial charge in [0.1, 0.15) is 11.8 Å². The van der Waals surface area contributed by atoms with Crippen molar-refractivity contribution in [1.82, 2.24) is 5.32 Å². The number of carbonyl (C=O) groups is 3. The Bertz CT molecular complexity index is 777. The third-order valence-corrected chi connectivity index (χ3v) is 3.49. The number of carbonyl (C=O) groups excluding carboxylic acids is 3. The normalized spacial score (nSPS) is 11.2. The number of benzene rings is 2. The molecule has 0 saturated carbocycles. The second-order valence-electron chi connectivity index (χ2n) is 5.42. The Hall–Kier alpha value is -3.35. The topological polar surface area (TPSA) is 93.7 Å². The summed E-state index contributed by atoms with van der Waals surface area (Å²) in [7, 11) is 1.45. The highest BCUT2D eigenvalue weighted by Gasteiger charge is 2.20. The molecule has 2 aromatic rings. The van der Waals surface area contributed by atoms with Crippen LogP contribution in [0, 0.1) is 0 Å². The van der Waals surface area contributed by atoms with Crippen molar-refractivity contribution in [2.45, 2.75) is 13.0 Å². The molecule has 2 aromatic carbocycles. The molecule has 0 unspecified atom stereocenters. The van der Waals surface area contributed by atoms with Gasteiger partial charge in [-0.2, -0.15) is 0 Å². The quantitative estimate of drug-likeness (QED) is 0.587. The number of anilines is 1. The van der Waals surface area contributed by atoms with Crippen molar-refractivity contribution in [3.63, 3.8) is 0 Å². The molecule has 7 nitrogen and oxygen atoms in total. The zero-order valence-corrected chi connectivity index (χ0v) is 14.5. The standard InChI is InChI=1S/C19H20N2O5/c1-13(20-19(24)21-14-8-4-3-5-9-14)18(23)26-12-16(22)15-10-6-7-11-17(15)25-2/h3-11,13H,12H2,1-2H3,(H2,20,21,24)/t13-/m0/s1. The summed E-state index contributed by atoms with van der Waals surface area (Å²) in [4.78, 5) is 36.0. The highest BCUT2D eigenvalue weighted by Crippen LogP contribution is 2.17. The summed E-state index contributed by atoms with van der Waals surface area (Å²) < 4.78 is 10.1. The van der Waals surface area contributed by atoms with Crippen LogP contribution in [-0.4, -0.2) is 37.5 Å². The first kappa shape index (κ1) is 19.0. The number of Topliss-reactive ketones (excluding diaryl/α,β-unsaturated/α-hetero) is 1. The number of methoxy groups -OCH3 is 1. The van der Waals surface area contributed by atoms with Crippen LogP contribution in [-0.2, 0) is 9.53 Å². The molecule has 1 atom stereocenters. The first-order valence-electron chi connectivity index (χ1n) is 7.96. The largest absolute Gasteiger partial charge is 0.496 e. The molecule has 26 heavy (non-hydrogen) atoms. The zero-order chi connectivity index (χ0) is 18.9. The predicted molar refractivity (Wildman–Crippen MR) is 96.3 cm³/mol. The minimum absolute atomic E-state index is 0.324. The van der Waals surface area contributed by atoms with Gasteiger partial charge in [0.25, 0.3) is 0 Å². The molecule has 0 spiro atoms. The molecule has 0 fully saturated rings. The summed E-state index contributed by atoms with van der Waals surface area (Å²) in [5, 5.41) is 5.05. The first-order valence-corrected chi connectivity index (χ1v) is 7.96. The summed E-state index contributed by atoms with van der Waals surface area (Å²) in [6.45, 7) is 1.03. The summed E-state index contributed by atoms with van der Waals surface area (Å²) in [6.07, 6.45) is 0. The van der Waals surface area contributed by atoms with Gasteiger partial charge in [-0.3, -0.25) is 4.79 Å². The van der Waals surface area contributed by atoms with Gasteiger partial charge in [0, 0.05) is 5.69 Å². The molecule has 0 saturated heterocycles. The van der Waals surface area contributed by atoms with Gasteiger partial charge in [0.05, 0.1) is 12.7 Å². The van der Waals surface area contributed by atoms with Gasteiger partial charge >= 0.3 is 12.0 Å². The number of hydrogen-bond acceptors (Lipinski definition) is 5. The maximum atomic E-state index is 12.2. The number of rotatable bonds is 7. The number of ether oxygens (including phenoxy) is 2. The van der Waals surface area contributed by atoms with Crippen molar-refractivity contribution in [3.8, 4) is 5.75 Å². The molecule has 0 aliphatic carbocycles. The number of esters is 1. The van der Waals surface area contributed by atoms with E-state index < -0.39 is 30.4 Å². The highest BCUT2D eigenvalue weighted by molar-refractivity contribution is 6.00. The van der Waals surface area contributed by atoms with Gasteiger partial charge in [-0.05, 0) is 31.2 Å². The summed E-state index contributed by atoms with van der Waals surface area (Å²) in [5.41, 5.74) is 0.919. The molecule has 0 aromatic heterocycles. The molecule has 0 aliphatic heterocycles. The molecular weight excluding hydrogens is 336 g/mol. The lowest BCUT2D eigenvalue weighted by atomic mass is 10.1. The molecule has 0 heterocycles. The monoisotopic (exact) mass is 356 g/mol. The van der Waals surface area contributed by atoms with Crippen molar-refractivity contribution >= 4 is 23.5 Å². The van der Waals surface area contributed by atoms with E-state index in [2.05, 4.69) is 10.6 Å². The van der Waals surface area contributed by atoms with E-state index in [9.17, 15) is 14.4 Å². The van der Waals surface area contributed by atoms with Crippen LogP contribution in [0.4, 0.5) is 10.5 Å². The third kappa shape index (κ3) is 5.34. The lowest BCUT2D eigenvalue weighted by molar-refractivity contribution is -0.144. The van der Waals surface area contributed by atoms with Crippen molar-refractivity contribution in [2.75, 3.05) is 19.0 Å². The Labute approximate surface area is 151 Å². The van der Waals surface area contributed by atoms with Crippen LogP contribution < -0.4 is 15.4 Å². The van der Waals surface area contributed by atoms with Crippen molar-refractivity contribution in [1.29, 1.82) is 0 Å². The number of hydrogen-bond donors (Lipinski definition) is 2. The van der Waals surface area contributed by atoms with E-state index in [-0.39, 0.29) is 0 Å². The Kier molecular flexibility index (Phi) is 6.73. The van der Waals surface area contributed by atoms with E-state index in [4.69, 9.17) is 9.47 Å². The number of urea groups is 1. The van der Waals surface area contributed by atoms with Gasteiger partial charge in [0.2, 0.25) is 5.78 Å². The maximum absolute atomic E-state index is 12.2. The Morgan fingerprint density at radius 2 is 1.65 bits per heavy atom. The average Bonchev–Trinajstić information content (AvgIpc) is 2.66. The Balaban J connectivity index is 1.83. The van der Waals surface area contributed by atoms with E-state index in [1.165, 1.54) is 14.0 Å². The van der Waals surface area contributed by atoms with E-state index in [0.29, 0.717) is 17.0 Å². The predicted octanol–water partition coefficient (Wildman–Crippen LogP) is 2.63. The second-order valence-corrected chi connectivity index (χ2v) is 5.42. The summed E-state index contributed by atoms with van der Waals surface area (Å²) in [5.74, 6) is -0.699.